The Morgan fingerprint density at radius 1 is 0.694 bits per heavy atom. The highest BCUT2D eigenvalue weighted by molar-refractivity contribution is 5.74. The van der Waals surface area contributed by atoms with E-state index in [0.717, 1.165) is 11.1 Å². The van der Waals surface area contributed by atoms with Crippen molar-refractivity contribution < 1.29 is 44.7 Å². The van der Waals surface area contributed by atoms with Gasteiger partial charge in [0.1, 0.15) is 23.9 Å². The van der Waals surface area contributed by atoms with Crippen LogP contribution in [0, 0.1) is 0 Å². The zero-order valence-corrected chi connectivity index (χ0v) is 19.7. The van der Waals surface area contributed by atoms with Crippen LogP contribution in [0.25, 0.3) is 0 Å². The minimum Gasteiger partial charge on any atom is -0.508 e. The van der Waals surface area contributed by atoms with E-state index in [1.807, 2.05) is 30.3 Å². The average Bonchev–Trinajstić information content (AvgIpc) is 2.82. The Balaban J connectivity index is 0. The van der Waals surface area contributed by atoms with Crippen LogP contribution in [-0.4, -0.2) is 74.1 Å². The van der Waals surface area contributed by atoms with Crippen LogP contribution in [-0.2, 0) is 32.0 Å². The SMILES string of the molecule is CC(N)C(=O)O.NC(Cc1ccc(O)cc1)C(=O)O.NC(Cc1ccccc1)C(=O)O.NCC(=O)O. The van der Waals surface area contributed by atoms with E-state index in [2.05, 4.69) is 5.73 Å². The maximum absolute atomic E-state index is 10.4. The number of rotatable bonds is 8. The summed E-state index contributed by atoms with van der Waals surface area (Å²) >= 11 is 0. The number of carboxylic acids is 4. The molecule has 0 fully saturated rings. The van der Waals surface area contributed by atoms with Crippen molar-refractivity contribution in [2.75, 3.05) is 6.54 Å². The second kappa shape index (κ2) is 19.3. The number of hydrogen-bond donors (Lipinski definition) is 9. The van der Waals surface area contributed by atoms with Crippen molar-refractivity contribution >= 4 is 23.9 Å². The first-order chi connectivity index (χ1) is 16.7. The van der Waals surface area contributed by atoms with Gasteiger partial charge in [0.05, 0.1) is 6.54 Å². The van der Waals surface area contributed by atoms with Crippen LogP contribution in [0.3, 0.4) is 0 Å². The molecule has 3 unspecified atom stereocenters. The van der Waals surface area contributed by atoms with Crippen LogP contribution >= 0.6 is 0 Å². The van der Waals surface area contributed by atoms with Crippen LogP contribution in [0.4, 0.5) is 0 Å². The number of aliphatic carboxylic acids is 4. The summed E-state index contributed by atoms with van der Waals surface area (Å²) in [5.74, 6) is -3.75. The summed E-state index contributed by atoms with van der Waals surface area (Å²) in [6.45, 7) is 1.14. The Labute approximate surface area is 207 Å². The lowest BCUT2D eigenvalue weighted by molar-refractivity contribution is -0.139. The first kappa shape index (κ1) is 34.1. The van der Waals surface area contributed by atoms with E-state index in [4.69, 9.17) is 42.7 Å². The van der Waals surface area contributed by atoms with Crippen molar-refractivity contribution in [3.63, 3.8) is 0 Å². The van der Waals surface area contributed by atoms with Crippen molar-refractivity contribution in [3.05, 3.63) is 65.7 Å². The van der Waals surface area contributed by atoms with E-state index in [-0.39, 0.29) is 18.7 Å². The van der Waals surface area contributed by atoms with Gasteiger partial charge in [0.15, 0.2) is 0 Å². The molecule has 36 heavy (non-hydrogen) atoms. The van der Waals surface area contributed by atoms with E-state index < -0.39 is 42.0 Å². The molecule has 3 atom stereocenters. The number of phenols is 1. The lowest BCUT2D eigenvalue weighted by Gasteiger charge is -2.05. The fourth-order valence-corrected chi connectivity index (χ4v) is 1.93. The van der Waals surface area contributed by atoms with Gasteiger partial charge in [-0.15, -0.1) is 0 Å². The number of benzene rings is 2. The number of aromatic hydroxyl groups is 1. The minimum absolute atomic E-state index is 0.160. The van der Waals surface area contributed by atoms with Crippen LogP contribution in [0.5, 0.6) is 5.75 Å². The molecule has 0 bridgehead atoms. The Morgan fingerprint density at radius 3 is 1.31 bits per heavy atom. The molecule has 0 saturated heterocycles. The first-order valence-electron chi connectivity index (χ1n) is 10.4. The maximum atomic E-state index is 10.4. The number of carbonyl (C=O) groups is 4. The highest BCUT2D eigenvalue weighted by atomic mass is 16.4. The highest BCUT2D eigenvalue weighted by Gasteiger charge is 2.12. The summed E-state index contributed by atoms with van der Waals surface area (Å²) < 4.78 is 0. The second-order valence-electron chi connectivity index (χ2n) is 7.17. The molecular weight excluding hydrogens is 476 g/mol. The zero-order valence-electron chi connectivity index (χ0n) is 19.7. The molecule has 2 aromatic carbocycles. The molecule has 2 rings (SSSR count). The monoisotopic (exact) mass is 510 g/mol. The molecular formula is C23H34N4O9. The van der Waals surface area contributed by atoms with Gasteiger partial charge < -0.3 is 48.5 Å². The Morgan fingerprint density at radius 2 is 1.03 bits per heavy atom. The molecule has 0 aliphatic heterocycles. The molecule has 13 nitrogen and oxygen atoms in total. The summed E-state index contributed by atoms with van der Waals surface area (Å²) in [4.78, 5) is 39.6. The van der Waals surface area contributed by atoms with E-state index in [1.165, 1.54) is 19.1 Å². The largest absolute Gasteiger partial charge is 0.508 e. The summed E-state index contributed by atoms with van der Waals surface area (Å²) in [5, 5.41) is 41.5. The second-order valence-corrected chi connectivity index (χ2v) is 7.17. The molecule has 0 spiro atoms. The van der Waals surface area contributed by atoms with Gasteiger partial charge in [0.2, 0.25) is 0 Å². The zero-order chi connectivity index (χ0) is 28.3. The summed E-state index contributed by atoms with van der Waals surface area (Å²) in [5.41, 5.74) is 21.8. The van der Waals surface area contributed by atoms with Gasteiger partial charge in [0, 0.05) is 0 Å². The van der Waals surface area contributed by atoms with Gasteiger partial charge in [-0.05, 0) is 43.0 Å². The van der Waals surface area contributed by atoms with Crippen LogP contribution in [0.1, 0.15) is 18.1 Å². The van der Waals surface area contributed by atoms with Crippen molar-refractivity contribution in [1.29, 1.82) is 0 Å². The standard InChI is InChI=1S/C9H11NO3.C9H11NO2.C3H7NO2.C2H5NO2/c10-8(9(12)13)5-6-1-3-7(11)4-2-6;10-8(9(11)12)6-7-4-2-1-3-5-7;1-2(4)3(5)6;3-1-2(4)5/h1-4,8,11H,5,10H2,(H,12,13);1-5,8H,6,10H2,(H,11,12);2H,4H2,1H3,(H,5,6);1,3H2,(H,4,5). The third-order valence-corrected chi connectivity index (χ3v) is 3.89. The lowest BCUT2D eigenvalue weighted by Crippen LogP contribution is -2.32. The van der Waals surface area contributed by atoms with Crippen molar-refractivity contribution in [1.82, 2.24) is 0 Å². The third kappa shape index (κ3) is 19.4. The molecule has 0 aromatic heterocycles. The molecule has 0 aliphatic rings. The molecule has 13 N–H and O–H groups in total. The number of nitrogens with two attached hydrogens (primary N) is 4. The normalized spacial score (nSPS) is 11.9. The maximum Gasteiger partial charge on any atom is 0.320 e. The average molecular weight is 511 g/mol. The number of hydrogen-bond acceptors (Lipinski definition) is 9. The van der Waals surface area contributed by atoms with Crippen molar-refractivity contribution in [2.45, 2.75) is 37.9 Å². The molecule has 2 aromatic rings. The number of carboxylic acid groups (broad SMARTS) is 4. The molecule has 0 heterocycles. The van der Waals surface area contributed by atoms with E-state index in [9.17, 15) is 19.2 Å². The molecule has 13 heteroatoms. The van der Waals surface area contributed by atoms with E-state index >= 15 is 0 Å². The quantitative estimate of drug-likeness (QED) is 0.215. The van der Waals surface area contributed by atoms with Gasteiger partial charge in [-0.2, -0.15) is 0 Å². The Kier molecular flexibility index (Phi) is 18.3. The highest BCUT2D eigenvalue weighted by Crippen LogP contribution is 2.10. The fourth-order valence-electron chi connectivity index (χ4n) is 1.93. The van der Waals surface area contributed by atoms with Gasteiger partial charge in [-0.25, -0.2) is 0 Å². The predicted molar refractivity (Wildman–Crippen MR) is 131 cm³/mol. The molecule has 0 amide bonds. The lowest BCUT2D eigenvalue weighted by atomic mass is 10.1. The minimum atomic E-state index is -1.02. The van der Waals surface area contributed by atoms with Crippen LogP contribution < -0.4 is 22.9 Å². The van der Waals surface area contributed by atoms with Gasteiger partial charge in [0.25, 0.3) is 0 Å². The van der Waals surface area contributed by atoms with Crippen molar-refractivity contribution in [3.8, 4) is 5.75 Å². The molecule has 0 radical (unpaired) electrons. The van der Waals surface area contributed by atoms with Crippen molar-refractivity contribution in [2.24, 2.45) is 22.9 Å². The number of phenolic OH excluding ortho intramolecular Hbond substituents is 1. The Hall–Kier alpha value is -4.04. The fraction of sp³-hybridized carbons (Fsp3) is 0.304. The third-order valence-electron chi connectivity index (χ3n) is 3.89. The smallest absolute Gasteiger partial charge is 0.320 e. The Bertz CT molecular complexity index is 923. The van der Waals surface area contributed by atoms with Gasteiger partial charge in [-0.1, -0.05) is 42.5 Å². The summed E-state index contributed by atoms with van der Waals surface area (Å²) in [6, 6.07) is 13.2. The predicted octanol–water partition coefficient (Wildman–Crippen LogP) is -0.564. The molecule has 0 aliphatic carbocycles. The van der Waals surface area contributed by atoms with E-state index in [0.29, 0.717) is 6.42 Å². The summed E-state index contributed by atoms with van der Waals surface area (Å²) in [7, 11) is 0. The molecule has 200 valence electrons. The van der Waals surface area contributed by atoms with E-state index in [1.54, 1.807) is 12.1 Å². The van der Waals surface area contributed by atoms with Crippen LogP contribution in [0.15, 0.2) is 54.6 Å². The first-order valence-corrected chi connectivity index (χ1v) is 10.4. The van der Waals surface area contributed by atoms with Crippen LogP contribution in [0.2, 0.25) is 0 Å². The van der Waals surface area contributed by atoms with Gasteiger partial charge in [-0.3, -0.25) is 19.2 Å². The topological polar surface area (TPSA) is 274 Å². The molecule has 0 saturated carbocycles. The summed E-state index contributed by atoms with van der Waals surface area (Å²) in [6.07, 6.45) is 0.659. The van der Waals surface area contributed by atoms with Gasteiger partial charge >= 0.3 is 23.9 Å².